The molecule has 0 aliphatic rings. The van der Waals surface area contributed by atoms with Crippen LogP contribution in [0.3, 0.4) is 0 Å². The average molecular weight is 280 g/mol. The van der Waals surface area contributed by atoms with Crippen molar-refractivity contribution < 1.29 is 0 Å². The maximum Gasteiger partial charge on any atom is 0.0435 e. The van der Waals surface area contributed by atoms with Crippen molar-refractivity contribution in [1.29, 1.82) is 0 Å². The quantitative estimate of drug-likeness (QED) is 0.832. The van der Waals surface area contributed by atoms with Crippen LogP contribution in [-0.4, -0.2) is 7.05 Å². The van der Waals surface area contributed by atoms with E-state index in [1.165, 1.54) is 15.3 Å². The predicted octanol–water partition coefficient (Wildman–Crippen LogP) is 4.99. The summed E-state index contributed by atoms with van der Waals surface area (Å²) in [6, 6.07) is 12.8. The van der Waals surface area contributed by atoms with Crippen LogP contribution in [0.25, 0.3) is 10.4 Å². The Hall–Kier alpha value is -0.830. The zero-order valence-corrected chi connectivity index (χ0v) is 12.5. The van der Waals surface area contributed by atoms with Gasteiger partial charge in [0.15, 0.2) is 0 Å². The molecule has 1 N–H and O–H groups in total. The van der Waals surface area contributed by atoms with E-state index in [0.29, 0.717) is 12.0 Å². The summed E-state index contributed by atoms with van der Waals surface area (Å²) >= 11 is 7.87. The first kappa shape index (κ1) is 13.6. The van der Waals surface area contributed by atoms with Gasteiger partial charge in [0.2, 0.25) is 0 Å². The molecule has 1 nitrogen and oxygen atoms in total. The Balaban J connectivity index is 2.30. The molecule has 0 radical (unpaired) electrons. The van der Waals surface area contributed by atoms with Gasteiger partial charge in [-0.3, -0.25) is 0 Å². The summed E-state index contributed by atoms with van der Waals surface area (Å²) in [6.07, 6.45) is 0. The molecular formula is C15H18ClNS. The second kappa shape index (κ2) is 5.87. The molecule has 0 fully saturated rings. The fourth-order valence-electron chi connectivity index (χ4n) is 2.12. The highest BCUT2D eigenvalue weighted by Crippen LogP contribution is 2.34. The molecule has 3 heteroatoms. The standard InChI is InChI=1S/C15H18ClNS/c1-10(2)15(17-3)14-8-7-13(18-14)11-5-4-6-12(16)9-11/h4-10,15,17H,1-3H3. The molecular weight excluding hydrogens is 262 g/mol. The average Bonchev–Trinajstić information content (AvgIpc) is 2.79. The van der Waals surface area contributed by atoms with Crippen LogP contribution in [0.1, 0.15) is 24.8 Å². The van der Waals surface area contributed by atoms with E-state index < -0.39 is 0 Å². The highest BCUT2D eigenvalue weighted by Gasteiger charge is 2.16. The first-order valence-electron chi connectivity index (χ1n) is 6.14. The maximum atomic E-state index is 6.03. The molecule has 0 aliphatic carbocycles. The summed E-state index contributed by atoms with van der Waals surface area (Å²) in [7, 11) is 2.02. The molecule has 2 aromatic rings. The number of benzene rings is 1. The molecule has 1 aromatic carbocycles. The van der Waals surface area contributed by atoms with Gasteiger partial charge in [0.1, 0.15) is 0 Å². The van der Waals surface area contributed by atoms with E-state index in [4.69, 9.17) is 11.6 Å². The minimum absolute atomic E-state index is 0.419. The van der Waals surface area contributed by atoms with Crippen molar-refractivity contribution >= 4 is 22.9 Å². The van der Waals surface area contributed by atoms with E-state index in [1.54, 1.807) is 0 Å². The van der Waals surface area contributed by atoms with Gasteiger partial charge in [-0.1, -0.05) is 37.6 Å². The summed E-state index contributed by atoms with van der Waals surface area (Å²) < 4.78 is 0. The van der Waals surface area contributed by atoms with Crippen LogP contribution in [0.2, 0.25) is 5.02 Å². The molecule has 1 heterocycles. The Morgan fingerprint density at radius 3 is 2.56 bits per heavy atom. The lowest BCUT2D eigenvalue weighted by Crippen LogP contribution is -2.20. The molecule has 0 saturated heterocycles. The molecule has 0 bridgehead atoms. The normalized spacial score (nSPS) is 12.9. The summed E-state index contributed by atoms with van der Waals surface area (Å²) in [5.41, 5.74) is 1.19. The van der Waals surface area contributed by atoms with Crippen LogP contribution in [0, 0.1) is 5.92 Å². The summed E-state index contributed by atoms with van der Waals surface area (Å²) in [5.74, 6) is 0.584. The predicted molar refractivity (Wildman–Crippen MR) is 81.4 cm³/mol. The fraction of sp³-hybridized carbons (Fsp3) is 0.333. The van der Waals surface area contributed by atoms with Gasteiger partial charge < -0.3 is 5.32 Å². The van der Waals surface area contributed by atoms with Crippen LogP contribution in [0.5, 0.6) is 0 Å². The number of thiophene rings is 1. The summed E-state index contributed by atoms with van der Waals surface area (Å²) in [4.78, 5) is 2.65. The first-order valence-corrected chi connectivity index (χ1v) is 7.34. The number of nitrogens with one attached hydrogen (secondary N) is 1. The van der Waals surface area contributed by atoms with Crippen molar-refractivity contribution in [2.24, 2.45) is 5.92 Å². The first-order chi connectivity index (χ1) is 8.61. The van der Waals surface area contributed by atoms with Gasteiger partial charge in [0.25, 0.3) is 0 Å². The topological polar surface area (TPSA) is 12.0 Å². The third-order valence-corrected chi connectivity index (χ3v) is 4.47. The molecule has 1 unspecified atom stereocenters. The second-order valence-corrected chi connectivity index (χ2v) is 6.27. The molecule has 1 atom stereocenters. The Morgan fingerprint density at radius 1 is 1.17 bits per heavy atom. The second-order valence-electron chi connectivity index (χ2n) is 4.72. The largest absolute Gasteiger partial charge is 0.312 e. The Bertz CT molecular complexity index is 519. The SMILES string of the molecule is CNC(c1ccc(-c2cccc(Cl)c2)s1)C(C)C. The fourth-order valence-corrected chi connectivity index (χ4v) is 3.60. The van der Waals surface area contributed by atoms with Gasteiger partial charge in [-0.05, 0) is 42.8 Å². The summed E-state index contributed by atoms with van der Waals surface area (Å²) in [5, 5.41) is 4.17. The molecule has 0 saturated carbocycles. The van der Waals surface area contributed by atoms with Crippen LogP contribution in [-0.2, 0) is 0 Å². The van der Waals surface area contributed by atoms with Crippen molar-refractivity contribution in [3.8, 4) is 10.4 Å². The third-order valence-electron chi connectivity index (χ3n) is 3.02. The van der Waals surface area contributed by atoms with Crippen LogP contribution in [0.4, 0.5) is 0 Å². The van der Waals surface area contributed by atoms with Crippen LogP contribution >= 0.6 is 22.9 Å². The van der Waals surface area contributed by atoms with Gasteiger partial charge in [0.05, 0.1) is 0 Å². The maximum absolute atomic E-state index is 6.03. The lowest BCUT2D eigenvalue weighted by atomic mass is 10.0. The lowest BCUT2D eigenvalue weighted by Gasteiger charge is -2.18. The van der Waals surface area contributed by atoms with Crippen molar-refractivity contribution in [3.05, 3.63) is 46.3 Å². The molecule has 0 spiro atoms. The monoisotopic (exact) mass is 279 g/mol. The van der Waals surface area contributed by atoms with E-state index >= 15 is 0 Å². The smallest absolute Gasteiger partial charge is 0.0435 e. The van der Waals surface area contributed by atoms with Crippen molar-refractivity contribution in [2.45, 2.75) is 19.9 Å². The highest BCUT2D eigenvalue weighted by atomic mass is 35.5. The Morgan fingerprint density at radius 2 is 1.94 bits per heavy atom. The van der Waals surface area contributed by atoms with Crippen molar-refractivity contribution in [3.63, 3.8) is 0 Å². The molecule has 96 valence electrons. The Kier molecular flexibility index (Phi) is 4.44. The van der Waals surface area contributed by atoms with E-state index in [-0.39, 0.29) is 0 Å². The minimum atomic E-state index is 0.419. The van der Waals surface area contributed by atoms with Gasteiger partial charge in [0, 0.05) is 20.8 Å². The zero-order valence-electron chi connectivity index (χ0n) is 10.9. The van der Waals surface area contributed by atoms with Gasteiger partial charge in [-0.25, -0.2) is 0 Å². The van der Waals surface area contributed by atoms with E-state index in [1.807, 2.05) is 36.6 Å². The number of halogens is 1. The number of hydrogen-bond acceptors (Lipinski definition) is 2. The highest BCUT2D eigenvalue weighted by molar-refractivity contribution is 7.15. The van der Waals surface area contributed by atoms with Gasteiger partial charge in [-0.15, -0.1) is 11.3 Å². The van der Waals surface area contributed by atoms with E-state index in [0.717, 1.165) is 5.02 Å². The molecule has 1 aromatic heterocycles. The number of rotatable bonds is 4. The molecule has 18 heavy (non-hydrogen) atoms. The van der Waals surface area contributed by atoms with Crippen LogP contribution in [0.15, 0.2) is 36.4 Å². The van der Waals surface area contributed by atoms with E-state index in [9.17, 15) is 0 Å². The minimum Gasteiger partial charge on any atom is -0.312 e. The summed E-state index contributed by atoms with van der Waals surface area (Å²) in [6.45, 7) is 4.47. The van der Waals surface area contributed by atoms with Gasteiger partial charge >= 0.3 is 0 Å². The van der Waals surface area contributed by atoms with Crippen molar-refractivity contribution in [1.82, 2.24) is 5.32 Å². The van der Waals surface area contributed by atoms with Gasteiger partial charge in [-0.2, -0.15) is 0 Å². The van der Waals surface area contributed by atoms with Crippen LogP contribution < -0.4 is 5.32 Å². The Labute approximate surface area is 118 Å². The lowest BCUT2D eigenvalue weighted by molar-refractivity contribution is 0.449. The molecule has 0 aliphatic heterocycles. The number of hydrogen-bond donors (Lipinski definition) is 1. The molecule has 2 rings (SSSR count). The van der Waals surface area contributed by atoms with E-state index in [2.05, 4.69) is 37.4 Å². The third kappa shape index (κ3) is 2.94. The zero-order chi connectivity index (χ0) is 13.1. The molecule has 0 amide bonds. The van der Waals surface area contributed by atoms with Crippen molar-refractivity contribution in [2.75, 3.05) is 7.05 Å².